The smallest absolute Gasteiger partial charge is 0.479 e. The Morgan fingerprint density at radius 3 is 1.74 bits per heavy atom. The van der Waals surface area contributed by atoms with Crippen molar-refractivity contribution in [1.82, 2.24) is 4.90 Å². The lowest BCUT2D eigenvalue weighted by atomic mass is 10.1. The SMILES string of the molecule is CC(CN(C)C)CN1c2ccccc2Sc2ccccc21.O=C(O)C(O)C(O)C(=O)O.[H+]. The Morgan fingerprint density at radius 2 is 1.35 bits per heavy atom. The molecule has 0 saturated carbocycles. The number of hydrogen-bond donors (Lipinski definition) is 4. The molecular weight excluding hydrogens is 420 g/mol. The van der Waals surface area contributed by atoms with Gasteiger partial charge in [-0.25, -0.2) is 9.59 Å². The Balaban J connectivity index is 0.000000400. The highest BCUT2D eigenvalue weighted by Gasteiger charge is 2.29. The monoisotopic (exact) mass is 449 g/mol. The highest BCUT2D eigenvalue weighted by atomic mass is 32.2. The molecule has 0 aromatic heterocycles. The minimum absolute atomic E-state index is 0. The Hall–Kier alpha value is -2.59. The standard InChI is InChI=1S/C18H22N2S.C4H6O6/c1-14(12-19(2)3)13-20-15-8-4-6-10-17(15)21-18-11-7-5-9-16(18)20;5-1(3(7)8)2(6)4(9)10/h4-11,14H,12-13H2,1-3H3;1-2,5-6H,(H,7,8)(H,9,10)/p+1. The van der Waals surface area contributed by atoms with Gasteiger partial charge < -0.3 is 30.2 Å². The van der Waals surface area contributed by atoms with Crippen LogP contribution >= 0.6 is 11.8 Å². The van der Waals surface area contributed by atoms with Crippen molar-refractivity contribution in [3.8, 4) is 0 Å². The molecule has 0 spiro atoms. The van der Waals surface area contributed by atoms with Gasteiger partial charge in [0.1, 0.15) is 0 Å². The molecule has 0 saturated heterocycles. The van der Waals surface area contributed by atoms with E-state index in [1.54, 1.807) is 0 Å². The Labute approximate surface area is 187 Å². The molecule has 3 rings (SSSR count). The molecular formula is C22H29N2O6S+. The fraction of sp³-hybridized carbons (Fsp3) is 0.364. The fourth-order valence-corrected chi connectivity index (χ4v) is 4.34. The van der Waals surface area contributed by atoms with E-state index in [4.69, 9.17) is 20.4 Å². The molecule has 168 valence electrons. The number of aliphatic hydroxyl groups excluding tert-OH is 2. The van der Waals surface area contributed by atoms with Gasteiger partial charge in [0, 0.05) is 22.9 Å². The van der Waals surface area contributed by atoms with Gasteiger partial charge in [-0.2, -0.15) is 0 Å². The van der Waals surface area contributed by atoms with Crippen molar-refractivity contribution >= 4 is 35.1 Å². The van der Waals surface area contributed by atoms with E-state index < -0.39 is 24.1 Å². The number of carboxylic acid groups (broad SMARTS) is 2. The van der Waals surface area contributed by atoms with Crippen LogP contribution in [0, 0.1) is 5.92 Å². The summed E-state index contributed by atoms with van der Waals surface area (Å²) in [4.78, 5) is 27.0. The van der Waals surface area contributed by atoms with Gasteiger partial charge in [-0.1, -0.05) is 43.0 Å². The summed E-state index contributed by atoms with van der Waals surface area (Å²) in [7, 11) is 4.29. The average molecular weight is 450 g/mol. The second-order valence-electron chi connectivity index (χ2n) is 7.58. The first kappa shape index (κ1) is 24.7. The van der Waals surface area contributed by atoms with Crippen LogP contribution in [-0.2, 0) is 9.59 Å². The largest absolute Gasteiger partial charge is 1.00 e. The molecule has 31 heavy (non-hydrogen) atoms. The first-order chi connectivity index (χ1) is 14.6. The Kier molecular flexibility index (Phi) is 8.88. The third kappa shape index (κ3) is 6.70. The number of anilines is 2. The zero-order valence-corrected chi connectivity index (χ0v) is 18.5. The topological polar surface area (TPSA) is 122 Å². The van der Waals surface area contributed by atoms with Crippen LogP contribution in [0.25, 0.3) is 0 Å². The summed E-state index contributed by atoms with van der Waals surface area (Å²) in [5, 5.41) is 32.5. The number of benzene rings is 2. The van der Waals surface area contributed by atoms with E-state index in [0.717, 1.165) is 13.1 Å². The van der Waals surface area contributed by atoms with Crippen molar-refractivity contribution in [3.63, 3.8) is 0 Å². The van der Waals surface area contributed by atoms with Crippen LogP contribution in [0.2, 0.25) is 0 Å². The van der Waals surface area contributed by atoms with Gasteiger partial charge in [0.2, 0.25) is 0 Å². The van der Waals surface area contributed by atoms with E-state index in [2.05, 4.69) is 79.3 Å². The van der Waals surface area contributed by atoms with Gasteiger partial charge in [-0.05, 0) is 44.3 Å². The highest BCUT2D eigenvalue weighted by Crippen LogP contribution is 2.47. The predicted octanol–water partition coefficient (Wildman–Crippen LogP) is 2.48. The summed E-state index contributed by atoms with van der Waals surface area (Å²) < 4.78 is 0. The third-order valence-electron chi connectivity index (χ3n) is 4.51. The minimum Gasteiger partial charge on any atom is -0.479 e. The van der Waals surface area contributed by atoms with Crippen LogP contribution in [0.15, 0.2) is 58.3 Å². The van der Waals surface area contributed by atoms with Crippen molar-refractivity contribution in [2.75, 3.05) is 32.1 Å². The van der Waals surface area contributed by atoms with E-state index in [0.29, 0.717) is 5.92 Å². The van der Waals surface area contributed by atoms with Gasteiger partial charge in [0.15, 0.2) is 12.2 Å². The number of carbonyl (C=O) groups is 2. The molecule has 2 aromatic rings. The van der Waals surface area contributed by atoms with E-state index >= 15 is 0 Å². The number of carboxylic acids is 2. The van der Waals surface area contributed by atoms with Gasteiger partial charge in [-0.3, -0.25) is 0 Å². The number of aliphatic hydroxyl groups is 2. The van der Waals surface area contributed by atoms with Crippen LogP contribution in [0.5, 0.6) is 0 Å². The van der Waals surface area contributed by atoms with Crippen molar-refractivity contribution < 1.29 is 31.4 Å². The van der Waals surface area contributed by atoms with Gasteiger partial charge in [0.25, 0.3) is 0 Å². The summed E-state index contributed by atoms with van der Waals surface area (Å²) in [6.45, 7) is 4.48. The lowest BCUT2D eigenvalue weighted by Gasteiger charge is -2.35. The Bertz CT molecular complexity index is 850. The second-order valence-corrected chi connectivity index (χ2v) is 8.67. The molecule has 1 heterocycles. The first-order valence-electron chi connectivity index (χ1n) is 9.71. The zero-order valence-electron chi connectivity index (χ0n) is 18.7. The molecule has 0 aliphatic carbocycles. The van der Waals surface area contributed by atoms with Crippen molar-refractivity contribution in [2.24, 2.45) is 5.92 Å². The first-order valence-corrected chi connectivity index (χ1v) is 10.5. The summed E-state index contributed by atoms with van der Waals surface area (Å²) in [5.41, 5.74) is 2.68. The molecule has 0 bridgehead atoms. The molecule has 0 fully saturated rings. The van der Waals surface area contributed by atoms with Crippen molar-refractivity contribution in [2.45, 2.75) is 28.9 Å². The molecule has 1 aliphatic rings. The maximum atomic E-state index is 9.77. The third-order valence-corrected chi connectivity index (χ3v) is 5.64. The molecule has 3 atom stereocenters. The summed E-state index contributed by atoms with van der Waals surface area (Å²) in [6.07, 6.45) is -4.53. The van der Waals surface area contributed by atoms with Crippen LogP contribution in [0.3, 0.4) is 0 Å². The van der Waals surface area contributed by atoms with E-state index in [-0.39, 0.29) is 1.43 Å². The van der Waals surface area contributed by atoms with E-state index in [1.165, 1.54) is 21.2 Å². The van der Waals surface area contributed by atoms with Crippen LogP contribution in [0.4, 0.5) is 11.4 Å². The molecule has 0 radical (unpaired) electrons. The number of rotatable bonds is 7. The number of fused-ring (bicyclic) bond motifs is 2. The van der Waals surface area contributed by atoms with Crippen LogP contribution in [-0.4, -0.2) is 76.7 Å². The molecule has 3 unspecified atom stereocenters. The maximum absolute atomic E-state index is 9.77. The second kappa shape index (κ2) is 11.1. The van der Waals surface area contributed by atoms with Crippen LogP contribution < -0.4 is 4.90 Å². The molecule has 0 amide bonds. The van der Waals surface area contributed by atoms with Crippen molar-refractivity contribution in [1.29, 1.82) is 0 Å². The van der Waals surface area contributed by atoms with Crippen LogP contribution in [0.1, 0.15) is 8.35 Å². The lowest BCUT2D eigenvalue weighted by molar-refractivity contribution is -0.165. The van der Waals surface area contributed by atoms with Gasteiger partial charge in [-0.15, -0.1) is 0 Å². The quantitative estimate of drug-likeness (QED) is 0.505. The summed E-state index contributed by atoms with van der Waals surface area (Å²) in [6, 6.07) is 17.4. The zero-order chi connectivity index (χ0) is 23.1. The summed E-state index contributed by atoms with van der Waals surface area (Å²) in [5.74, 6) is -2.92. The predicted molar refractivity (Wildman–Crippen MR) is 120 cm³/mol. The number of aliphatic carboxylic acids is 2. The molecule has 1 aliphatic heterocycles. The molecule has 4 N–H and O–H groups in total. The Morgan fingerprint density at radius 1 is 0.935 bits per heavy atom. The number of para-hydroxylation sites is 2. The molecule has 9 heteroatoms. The van der Waals surface area contributed by atoms with E-state index in [9.17, 15) is 9.59 Å². The highest BCUT2D eigenvalue weighted by molar-refractivity contribution is 7.99. The normalized spacial score (nSPS) is 15.1. The molecule has 2 aromatic carbocycles. The summed E-state index contributed by atoms with van der Waals surface area (Å²) >= 11 is 1.88. The number of nitrogens with zero attached hydrogens (tertiary/aromatic N) is 2. The van der Waals surface area contributed by atoms with Gasteiger partial charge in [0.05, 0.1) is 11.4 Å². The molecule has 8 nitrogen and oxygen atoms in total. The fourth-order valence-electron chi connectivity index (χ4n) is 3.24. The lowest BCUT2D eigenvalue weighted by Crippen LogP contribution is -2.39. The van der Waals surface area contributed by atoms with E-state index in [1.807, 2.05) is 11.8 Å². The maximum Gasteiger partial charge on any atom is 1.00 e. The average Bonchev–Trinajstić information content (AvgIpc) is 2.72. The number of hydrogen-bond acceptors (Lipinski definition) is 7. The minimum atomic E-state index is -2.27. The van der Waals surface area contributed by atoms with Crippen molar-refractivity contribution in [3.05, 3.63) is 48.5 Å². The van der Waals surface area contributed by atoms with Gasteiger partial charge >= 0.3 is 13.4 Å².